The van der Waals surface area contributed by atoms with Crippen molar-refractivity contribution in [3.63, 3.8) is 0 Å². The smallest absolute Gasteiger partial charge is 0.387 e. The van der Waals surface area contributed by atoms with Gasteiger partial charge < -0.3 is 9.30 Å². The number of Topliss-reactive ketones (excluding diaryl/α,β-unsaturated/α-hetero) is 1. The first-order valence-electron chi connectivity index (χ1n) is 6.18. The molecule has 2 aromatic rings. The maximum Gasteiger partial charge on any atom is 0.387 e. The lowest BCUT2D eigenvalue weighted by atomic mass is 10.1. The van der Waals surface area contributed by atoms with Gasteiger partial charge in [-0.2, -0.15) is 8.78 Å². The van der Waals surface area contributed by atoms with Crippen LogP contribution in [0.5, 0.6) is 5.75 Å². The lowest BCUT2D eigenvalue weighted by molar-refractivity contribution is -0.0498. The Morgan fingerprint density at radius 2 is 2.05 bits per heavy atom. The van der Waals surface area contributed by atoms with Gasteiger partial charge >= 0.3 is 6.61 Å². The number of alkyl halides is 2. The monoisotopic (exact) mass is 280 g/mol. The summed E-state index contributed by atoms with van der Waals surface area (Å²) in [6.45, 7) is -0.163. The highest BCUT2D eigenvalue weighted by molar-refractivity contribution is 5.97. The SMILES string of the molecule is CCn1ccnc1CC(=O)c1ccc(OC(F)F)cc1. The van der Waals surface area contributed by atoms with Crippen molar-refractivity contribution < 1.29 is 18.3 Å². The molecular weight excluding hydrogens is 266 g/mol. The van der Waals surface area contributed by atoms with Crippen LogP contribution in [0.25, 0.3) is 0 Å². The van der Waals surface area contributed by atoms with Crippen molar-refractivity contribution in [1.82, 2.24) is 9.55 Å². The number of carbonyl (C=O) groups is 1. The van der Waals surface area contributed by atoms with Gasteiger partial charge in [-0.05, 0) is 31.2 Å². The molecular formula is C14H14F2N2O2. The van der Waals surface area contributed by atoms with Gasteiger partial charge in [-0.1, -0.05) is 0 Å². The predicted molar refractivity (Wildman–Crippen MR) is 69.0 cm³/mol. The molecule has 4 nitrogen and oxygen atoms in total. The Kier molecular flexibility index (Phi) is 4.45. The fourth-order valence-electron chi connectivity index (χ4n) is 1.86. The van der Waals surface area contributed by atoms with Crippen molar-refractivity contribution in [2.45, 2.75) is 26.5 Å². The quantitative estimate of drug-likeness (QED) is 0.764. The number of carbonyl (C=O) groups excluding carboxylic acids is 1. The summed E-state index contributed by atoms with van der Waals surface area (Å²) in [7, 11) is 0. The van der Waals surface area contributed by atoms with Gasteiger partial charge in [0, 0.05) is 24.5 Å². The molecule has 1 aromatic carbocycles. The first-order valence-corrected chi connectivity index (χ1v) is 6.18. The van der Waals surface area contributed by atoms with Crippen LogP contribution in [0.4, 0.5) is 8.78 Å². The lowest BCUT2D eigenvalue weighted by Crippen LogP contribution is -2.09. The molecule has 6 heteroatoms. The molecule has 0 aliphatic rings. The van der Waals surface area contributed by atoms with Crippen molar-refractivity contribution >= 4 is 5.78 Å². The zero-order valence-electron chi connectivity index (χ0n) is 10.9. The second kappa shape index (κ2) is 6.27. The van der Waals surface area contributed by atoms with Crippen molar-refractivity contribution in [2.75, 3.05) is 0 Å². The number of aromatic nitrogens is 2. The summed E-state index contributed by atoms with van der Waals surface area (Å²) in [5, 5.41) is 0. The van der Waals surface area contributed by atoms with E-state index in [9.17, 15) is 13.6 Å². The topological polar surface area (TPSA) is 44.1 Å². The molecule has 0 atom stereocenters. The van der Waals surface area contributed by atoms with Crippen LogP contribution in [0.1, 0.15) is 23.1 Å². The molecule has 0 aliphatic heterocycles. The lowest BCUT2D eigenvalue weighted by Gasteiger charge is -2.06. The Morgan fingerprint density at radius 3 is 2.65 bits per heavy atom. The Labute approximate surface area is 115 Å². The number of aryl methyl sites for hydroxylation is 1. The third-order valence-electron chi connectivity index (χ3n) is 2.86. The van der Waals surface area contributed by atoms with Crippen LogP contribution >= 0.6 is 0 Å². The summed E-state index contributed by atoms with van der Waals surface area (Å²) < 4.78 is 30.1. The standard InChI is InChI=1S/C14H14F2N2O2/c1-2-18-8-7-17-13(18)9-12(19)10-3-5-11(6-4-10)20-14(15)16/h3-8,14H,2,9H2,1H3. The number of ether oxygens (including phenoxy) is 1. The molecule has 2 rings (SSSR count). The number of benzene rings is 1. The van der Waals surface area contributed by atoms with Gasteiger partial charge in [-0.15, -0.1) is 0 Å². The molecule has 1 aromatic heterocycles. The van der Waals surface area contributed by atoms with E-state index in [-0.39, 0.29) is 18.0 Å². The molecule has 0 spiro atoms. The van der Waals surface area contributed by atoms with Crippen LogP contribution in [0.15, 0.2) is 36.7 Å². The Hall–Kier alpha value is -2.24. The molecule has 106 valence electrons. The second-order valence-corrected chi connectivity index (χ2v) is 4.13. The minimum absolute atomic E-state index is 0.0339. The third-order valence-corrected chi connectivity index (χ3v) is 2.86. The van der Waals surface area contributed by atoms with Gasteiger partial charge in [-0.25, -0.2) is 4.98 Å². The summed E-state index contributed by atoms with van der Waals surface area (Å²) in [6, 6.07) is 5.65. The number of hydrogen-bond donors (Lipinski definition) is 0. The van der Waals surface area contributed by atoms with Gasteiger partial charge in [0.05, 0.1) is 6.42 Å². The largest absolute Gasteiger partial charge is 0.435 e. The number of halogens is 2. The summed E-state index contributed by atoms with van der Waals surface area (Å²) in [4.78, 5) is 16.2. The Balaban J connectivity index is 2.06. The fraction of sp³-hybridized carbons (Fsp3) is 0.286. The molecule has 0 amide bonds. The summed E-state index contributed by atoms with van der Waals surface area (Å²) in [5.74, 6) is 0.603. The van der Waals surface area contributed by atoms with E-state index in [1.54, 1.807) is 6.20 Å². The van der Waals surface area contributed by atoms with Crippen molar-refractivity contribution in [3.8, 4) is 5.75 Å². The maximum atomic E-state index is 12.1. The molecule has 1 heterocycles. The Morgan fingerprint density at radius 1 is 1.35 bits per heavy atom. The molecule has 0 fully saturated rings. The van der Waals surface area contributed by atoms with Gasteiger partial charge in [-0.3, -0.25) is 4.79 Å². The minimum Gasteiger partial charge on any atom is -0.435 e. The van der Waals surface area contributed by atoms with E-state index in [4.69, 9.17) is 0 Å². The highest BCUT2D eigenvalue weighted by atomic mass is 19.3. The van der Waals surface area contributed by atoms with E-state index in [1.807, 2.05) is 17.7 Å². The average molecular weight is 280 g/mol. The first kappa shape index (κ1) is 14.2. The number of hydrogen-bond acceptors (Lipinski definition) is 3. The summed E-state index contributed by atoms with van der Waals surface area (Å²) in [5.41, 5.74) is 0.442. The average Bonchev–Trinajstić information content (AvgIpc) is 2.86. The normalized spacial score (nSPS) is 10.8. The molecule has 20 heavy (non-hydrogen) atoms. The van der Waals surface area contributed by atoms with Crippen LogP contribution in [-0.4, -0.2) is 21.9 Å². The molecule has 0 bridgehead atoms. The van der Waals surface area contributed by atoms with E-state index in [0.29, 0.717) is 11.4 Å². The van der Waals surface area contributed by atoms with Crippen LogP contribution < -0.4 is 4.74 Å². The maximum absolute atomic E-state index is 12.1. The number of ketones is 1. The number of rotatable bonds is 6. The highest BCUT2D eigenvalue weighted by Gasteiger charge is 2.11. The molecule has 0 unspecified atom stereocenters. The van der Waals surface area contributed by atoms with E-state index >= 15 is 0 Å². The first-order chi connectivity index (χ1) is 9.60. The van der Waals surface area contributed by atoms with Crippen molar-refractivity contribution in [3.05, 3.63) is 48.0 Å². The van der Waals surface area contributed by atoms with Crippen LogP contribution in [0.3, 0.4) is 0 Å². The molecule has 0 aliphatic carbocycles. The molecule has 0 saturated heterocycles. The fourth-order valence-corrected chi connectivity index (χ4v) is 1.86. The van der Waals surface area contributed by atoms with Crippen LogP contribution in [-0.2, 0) is 13.0 Å². The van der Waals surface area contributed by atoms with Crippen molar-refractivity contribution in [1.29, 1.82) is 0 Å². The van der Waals surface area contributed by atoms with Gasteiger partial charge in [0.1, 0.15) is 11.6 Å². The van der Waals surface area contributed by atoms with E-state index in [0.717, 1.165) is 6.54 Å². The number of nitrogens with zero attached hydrogens (tertiary/aromatic N) is 2. The molecule has 0 N–H and O–H groups in total. The Bertz CT molecular complexity index is 579. The van der Waals surface area contributed by atoms with Gasteiger partial charge in [0.15, 0.2) is 5.78 Å². The zero-order chi connectivity index (χ0) is 14.5. The van der Waals surface area contributed by atoms with Crippen molar-refractivity contribution in [2.24, 2.45) is 0 Å². The summed E-state index contributed by atoms with van der Waals surface area (Å²) in [6.07, 6.45) is 3.63. The number of imidazole rings is 1. The minimum atomic E-state index is -2.87. The third kappa shape index (κ3) is 3.40. The van der Waals surface area contributed by atoms with E-state index in [2.05, 4.69) is 9.72 Å². The van der Waals surface area contributed by atoms with Crippen LogP contribution in [0.2, 0.25) is 0 Å². The second-order valence-electron chi connectivity index (χ2n) is 4.13. The predicted octanol–water partition coefficient (Wildman–Crippen LogP) is 2.93. The highest BCUT2D eigenvalue weighted by Crippen LogP contribution is 2.16. The summed E-state index contributed by atoms with van der Waals surface area (Å²) >= 11 is 0. The van der Waals surface area contributed by atoms with Gasteiger partial charge in [0.2, 0.25) is 0 Å². The van der Waals surface area contributed by atoms with Gasteiger partial charge in [0.25, 0.3) is 0 Å². The zero-order valence-corrected chi connectivity index (χ0v) is 10.9. The van der Waals surface area contributed by atoms with E-state index < -0.39 is 6.61 Å². The van der Waals surface area contributed by atoms with Crippen LogP contribution in [0, 0.1) is 0 Å². The van der Waals surface area contributed by atoms with E-state index in [1.165, 1.54) is 24.3 Å². The molecule has 0 saturated carbocycles. The molecule has 0 radical (unpaired) electrons.